The molecular formula is C30H31N5O6. The SMILES string of the molecule is C=CC(=O)Nc1ccc2c3c(n(Cc4ccc(C(=O)NOC5CCCCO5)cc4)c2c1)CN1CC3C(=O)N(C)C1=O. The van der Waals surface area contributed by atoms with Gasteiger partial charge in [-0.2, -0.15) is 0 Å². The van der Waals surface area contributed by atoms with E-state index >= 15 is 0 Å². The van der Waals surface area contributed by atoms with Crippen LogP contribution in [-0.4, -0.2) is 64.6 Å². The van der Waals surface area contributed by atoms with E-state index in [1.165, 1.54) is 18.0 Å². The van der Waals surface area contributed by atoms with Crippen LogP contribution in [0.15, 0.2) is 55.1 Å². The van der Waals surface area contributed by atoms with Crippen LogP contribution < -0.4 is 10.8 Å². The number of carbonyl (C=O) groups is 4. The summed E-state index contributed by atoms with van der Waals surface area (Å²) >= 11 is 0. The summed E-state index contributed by atoms with van der Waals surface area (Å²) in [6.45, 7) is 5.25. The molecule has 0 aliphatic carbocycles. The largest absolute Gasteiger partial charge is 0.350 e. The molecule has 11 heteroatoms. The topological polar surface area (TPSA) is 122 Å². The van der Waals surface area contributed by atoms with E-state index < -0.39 is 12.2 Å². The number of hydroxylamine groups is 1. The first kappa shape index (κ1) is 26.7. The summed E-state index contributed by atoms with van der Waals surface area (Å²) in [5, 5.41) is 3.70. The van der Waals surface area contributed by atoms with Crippen molar-refractivity contribution < 1.29 is 28.8 Å². The van der Waals surface area contributed by atoms with Crippen LogP contribution in [0.25, 0.3) is 10.9 Å². The van der Waals surface area contributed by atoms with Crippen molar-refractivity contribution in [2.24, 2.45) is 0 Å². The van der Waals surface area contributed by atoms with Crippen LogP contribution in [0.4, 0.5) is 10.5 Å². The zero-order valence-corrected chi connectivity index (χ0v) is 22.7. The summed E-state index contributed by atoms with van der Waals surface area (Å²) in [6, 6.07) is 12.4. The second kappa shape index (κ2) is 10.8. The minimum atomic E-state index is -0.474. The van der Waals surface area contributed by atoms with Crippen LogP contribution in [0, 0.1) is 0 Å². The van der Waals surface area contributed by atoms with Crippen molar-refractivity contribution in [3.05, 3.63) is 77.5 Å². The molecule has 41 heavy (non-hydrogen) atoms. The quantitative estimate of drug-likeness (QED) is 0.339. The molecule has 3 aliphatic rings. The molecule has 2 fully saturated rings. The minimum Gasteiger partial charge on any atom is -0.350 e. The second-order valence-corrected chi connectivity index (χ2v) is 10.5. The van der Waals surface area contributed by atoms with E-state index in [2.05, 4.69) is 21.9 Å². The zero-order chi connectivity index (χ0) is 28.7. The lowest BCUT2D eigenvalue weighted by molar-refractivity contribution is -0.186. The van der Waals surface area contributed by atoms with Crippen molar-refractivity contribution in [2.75, 3.05) is 25.5 Å². The average molecular weight is 558 g/mol. The smallest absolute Gasteiger partial charge is 0.326 e. The molecule has 4 heterocycles. The van der Waals surface area contributed by atoms with E-state index in [4.69, 9.17) is 9.57 Å². The van der Waals surface area contributed by atoms with E-state index in [9.17, 15) is 19.2 Å². The van der Waals surface area contributed by atoms with Gasteiger partial charge >= 0.3 is 6.03 Å². The Labute approximate surface area is 236 Å². The van der Waals surface area contributed by atoms with Gasteiger partial charge in [-0.05, 0) is 54.3 Å². The first-order valence-electron chi connectivity index (χ1n) is 13.7. The van der Waals surface area contributed by atoms with E-state index in [0.29, 0.717) is 37.5 Å². The van der Waals surface area contributed by atoms with E-state index in [1.54, 1.807) is 23.1 Å². The summed E-state index contributed by atoms with van der Waals surface area (Å²) in [7, 11) is 1.52. The molecule has 6 rings (SSSR count). The lowest BCUT2D eigenvalue weighted by atomic mass is 9.89. The Morgan fingerprint density at radius 3 is 2.68 bits per heavy atom. The summed E-state index contributed by atoms with van der Waals surface area (Å²) in [6.07, 6.45) is 3.49. The predicted molar refractivity (Wildman–Crippen MR) is 150 cm³/mol. The molecule has 5 amide bonds. The number of amides is 5. The van der Waals surface area contributed by atoms with Crippen molar-refractivity contribution >= 4 is 40.3 Å². The van der Waals surface area contributed by atoms with Gasteiger partial charge in [-0.3, -0.25) is 19.3 Å². The van der Waals surface area contributed by atoms with Crippen LogP contribution in [0.3, 0.4) is 0 Å². The normalized spacial score (nSPS) is 20.1. The Kier molecular flexibility index (Phi) is 7.06. The fourth-order valence-corrected chi connectivity index (χ4v) is 5.81. The second-order valence-electron chi connectivity index (χ2n) is 10.5. The number of imide groups is 1. The van der Waals surface area contributed by atoms with Crippen molar-refractivity contribution in [1.82, 2.24) is 19.8 Å². The van der Waals surface area contributed by atoms with Gasteiger partial charge in [0.15, 0.2) is 6.29 Å². The summed E-state index contributed by atoms with van der Waals surface area (Å²) in [4.78, 5) is 58.9. The number of anilines is 1. The maximum Gasteiger partial charge on any atom is 0.326 e. The van der Waals surface area contributed by atoms with Gasteiger partial charge in [-0.1, -0.05) is 24.8 Å². The maximum atomic E-state index is 13.2. The number of fused-ring (bicyclic) bond motifs is 6. The molecule has 2 N–H and O–H groups in total. The standard InChI is InChI=1S/C30H31N5O6/c1-3-25(36)31-20-11-12-21-23(14-20)35(24-17-34-16-22(27(21)24)29(38)33(2)30(34)39)15-18-7-9-19(10-8-18)28(37)32-41-26-6-4-5-13-40-26/h3,7-12,14,22,26H,1,4-6,13,15-17H2,2H3,(H,31,36)(H,32,37). The highest BCUT2D eigenvalue weighted by molar-refractivity contribution is 6.05. The molecule has 2 aromatic carbocycles. The lowest BCUT2D eigenvalue weighted by Gasteiger charge is -2.41. The molecule has 2 bridgehead atoms. The Balaban J connectivity index is 1.31. The van der Waals surface area contributed by atoms with E-state index in [1.807, 2.05) is 24.3 Å². The number of urea groups is 1. The number of nitrogens with one attached hydrogen (secondary N) is 2. The molecule has 11 nitrogen and oxygen atoms in total. The van der Waals surface area contributed by atoms with E-state index in [-0.39, 0.29) is 23.8 Å². The Morgan fingerprint density at radius 2 is 1.95 bits per heavy atom. The molecule has 2 saturated heterocycles. The van der Waals surface area contributed by atoms with Gasteiger partial charge in [0.05, 0.1) is 18.0 Å². The van der Waals surface area contributed by atoms with Gasteiger partial charge in [0.25, 0.3) is 5.91 Å². The molecular weight excluding hydrogens is 526 g/mol. The molecule has 0 spiro atoms. The van der Waals surface area contributed by atoms with Crippen molar-refractivity contribution in [1.29, 1.82) is 0 Å². The molecule has 3 aliphatic heterocycles. The summed E-state index contributed by atoms with van der Waals surface area (Å²) in [5.41, 5.74) is 7.04. The van der Waals surface area contributed by atoms with Gasteiger partial charge < -0.3 is 19.5 Å². The van der Waals surface area contributed by atoms with Crippen LogP contribution >= 0.6 is 0 Å². The highest BCUT2D eigenvalue weighted by atomic mass is 16.8. The third kappa shape index (κ3) is 4.98. The number of benzene rings is 2. The Hall–Kier alpha value is -4.48. The third-order valence-corrected chi connectivity index (χ3v) is 7.92. The monoisotopic (exact) mass is 557 g/mol. The summed E-state index contributed by atoms with van der Waals surface area (Å²) < 4.78 is 7.57. The Morgan fingerprint density at radius 1 is 1.15 bits per heavy atom. The van der Waals surface area contributed by atoms with Crippen LogP contribution in [0.1, 0.15) is 52.4 Å². The lowest BCUT2D eigenvalue weighted by Crippen LogP contribution is -2.56. The molecule has 1 aromatic heterocycles. The van der Waals surface area contributed by atoms with Crippen molar-refractivity contribution in [3.63, 3.8) is 0 Å². The van der Waals surface area contributed by atoms with Crippen molar-refractivity contribution in [2.45, 2.75) is 44.6 Å². The molecule has 0 saturated carbocycles. The van der Waals surface area contributed by atoms with Crippen LogP contribution in [0.5, 0.6) is 0 Å². The molecule has 2 atom stereocenters. The first-order valence-corrected chi connectivity index (χ1v) is 13.7. The average Bonchev–Trinajstić information content (AvgIpc) is 3.30. The van der Waals surface area contributed by atoms with Crippen molar-refractivity contribution in [3.8, 4) is 0 Å². The number of aromatic nitrogens is 1. The van der Waals surface area contributed by atoms with Gasteiger partial charge in [-0.15, -0.1) is 0 Å². The minimum absolute atomic E-state index is 0.230. The highest BCUT2D eigenvalue weighted by Crippen LogP contribution is 2.41. The number of carbonyl (C=O) groups excluding carboxylic acids is 4. The van der Waals surface area contributed by atoms with Crippen LogP contribution in [0.2, 0.25) is 0 Å². The van der Waals surface area contributed by atoms with Gasteiger partial charge in [0.2, 0.25) is 11.8 Å². The zero-order valence-electron chi connectivity index (χ0n) is 22.7. The number of ether oxygens (including phenoxy) is 1. The first-order chi connectivity index (χ1) is 19.8. The number of likely N-dealkylation sites (N-methyl/N-ethyl adjacent to an activating group) is 1. The van der Waals surface area contributed by atoms with Gasteiger partial charge in [-0.25, -0.2) is 15.1 Å². The van der Waals surface area contributed by atoms with E-state index in [0.717, 1.165) is 47.0 Å². The molecule has 212 valence electrons. The van der Waals surface area contributed by atoms with Gasteiger partial charge in [0.1, 0.15) is 0 Å². The number of hydrogen-bond donors (Lipinski definition) is 2. The highest BCUT2D eigenvalue weighted by Gasteiger charge is 2.44. The van der Waals surface area contributed by atoms with Crippen LogP contribution in [-0.2, 0) is 32.3 Å². The molecule has 2 unspecified atom stereocenters. The summed E-state index contributed by atoms with van der Waals surface area (Å²) in [5.74, 6) is -1.40. The number of hydrogen-bond acceptors (Lipinski definition) is 6. The maximum absolute atomic E-state index is 13.2. The molecule has 3 aromatic rings. The Bertz CT molecular complexity index is 1560. The fraction of sp³-hybridized carbons (Fsp3) is 0.333. The fourth-order valence-electron chi connectivity index (χ4n) is 5.81. The predicted octanol–water partition coefficient (Wildman–Crippen LogP) is 3.49. The third-order valence-electron chi connectivity index (χ3n) is 7.92. The number of nitrogens with zero attached hydrogens (tertiary/aromatic N) is 3. The van der Waals surface area contributed by atoms with Gasteiger partial charge in [0, 0.05) is 55.5 Å². The molecule has 0 radical (unpaired) electrons. The number of rotatable bonds is 7.